The average Bonchev–Trinajstić information content (AvgIpc) is 3.52. The van der Waals surface area contributed by atoms with E-state index in [4.69, 9.17) is 28.4 Å². The van der Waals surface area contributed by atoms with Crippen LogP contribution in [-0.4, -0.2) is 148 Å². The highest BCUT2D eigenvalue weighted by atomic mass is 16.7. The molecule has 3 fully saturated rings. The molecule has 5 heterocycles. The Hall–Kier alpha value is -4.82. The SMILES string of the molecule is CC[C@H]1OC(=O)[C@H](C)[C@@H](OC(=O)Cc2ccccn2)[C@H](C)[C@@H](O[C@@H]2O[C@H](C)C[C@H](N(C)C)[C@H]2O)[C@](C)(OC)C[C@@H](C)C(=O)[C@@H](C)[C@@H]2N(CCNc3ccc([N+](=O)[O-])cn3)C(=O)O[C@@]21C. The van der Waals surface area contributed by atoms with E-state index in [1.807, 2.05) is 25.9 Å². The van der Waals surface area contributed by atoms with Crippen LogP contribution in [0, 0.1) is 33.8 Å². The van der Waals surface area contributed by atoms with Crippen molar-refractivity contribution in [3.8, 4) is 0 Å². The highest BCUT2D eigenvalue weighted by Crippen LogP contribution is 2.44. The van der Waals surface area contributed by atoms with Crippen molar-refractivity contribution in [3.63, 3.8) is 0 Å². The second kappa shape index (κ2) is 21.0. The van der Waals surface area contributed by atoms with Crippen molar-refractivity contribution in [2.75, 3.05) is 39.6 Å². The lowest BCUT2D eigenvalue weighted by Crippen LogP contribution is -2.61. The van der Waals surface area contributed by atoms with Gasteiger partial charge in [0.25, 0.3) is 5.69 Å². The number of aromatic nitrogens is 2. The Morgan fingerprint density at radius 2 is 1.80 bits per heavy atom. The minimum absolute atomic E-state index is 0.0259. The lowest BCUT2D eigenvalue weighted by molar-refractivity contribution is -0.385. The van der Waals surface area contributed by atoms with E-state index in [1.54, 1.807) is 72.9 Å². The van der Waals surface area contributed by atoms with Crippen LogP contribution in [0.15, 0.2) is 42.7 Å². The summed E-state index contributed by atoms with van der Waals surface area (Å²) in [6, 6.07) is 6.63. The molecule has 0 aliphatic carbocycles. The number of methoxy groups -OCH3 is 1. The normalized spacial score (nSPS) is 35.2. The molecule has 14 atom stereocenters. The van der Waals surface area contributed by atoms with Crippen LogP contribution in [0.3, 0.4) is 0 Å². The molecule has 2 N–H and O–H groups in total. The Bertz CT molecular complexity index is 1940. The smallest absolute Gasteiger partial charge is 0.410 e. The fourth-order valence-corrected chi connectivity index (χ4v) is 9.81. The number of Topliss-reactive ketones (excluding diaryl/α,β-unsaturated/α-hetero) is 1. The van der Waals surface area contributed by atoms with Crippen LogP contribution < -0.4 is 5.32 Å². The van der Waals surface area contributed by atoms with Crippen molar-refractivity contribution in [3.05, 3.63) is 58.5 Å². The minimum Gasteiger partial charge on any atom is -0.461 e. The van der Waals surface area contributed by atoms with Crippen LogP contribution >= 0.6 is 0 Å². The van der Waals surface area contributed by atoms with Gasteiger partial charge in [0.2, 0.25) is 0 Å². The molecule has 0 aromatic carbocycles. The number of carbonyl (C=O) groups excluding carboxylic acids is 4. The van der Waals surface area contributed by atoms with Gasteiger partial charge in [-0.2, -0.15) is 0 Å². The molecule has 0 spiro atoms. The van der Waals surface area contributed by atoms with Crippen molar-refractivity contribution >= 4 is 35.3 Å². The van der Waals surface area contributed by atoms with Gasteiger partial charge in [-0.15, -0.1) is 0 Å². The van der Waals surface area contributed by atoms with Gasteiger partial charge in [0.1, 0.15) is 36.1 Å². The van der Waals surface area contributed by atoms with E-state index < -0.39 is 94.6 Å². The maximum absolute atomic E-state index is 14.9. The quantitative estimate of drug-likeness (QED) is 0.121. The number of hydrogen-bond acceptors (Lipinski definition) is 17. The molecule has 19 heteroatoms. The van der Waals surface area contributed by atoms with Crippen molar-refractivity contribution in [1.82, 2.24) is 19.8 Å². The van der Waals surface area contributed by atoms with Gasteiger partial charge >= 0.3 is 18.0 Å². The van der Waals surface area contributed by atoms with E-state index in [9.17, 15) is 34.4 Å². The van der Waals surface area contributed by atoms with E-state index in [1.165, 1.54) is 24.1 Å². The zero-order valence-corrected chi connectivity index (χ0v) is 38.8. The fraction of sp³-hybridized carbons (Fsp3) is 0.689. The maximum atomic E-state index is 14.9. The number of cyclic esters (lactones) is 1. The predicted octanol–water partition coefficient (Wildman–Crippen LogP) is 4.59. The molecule has 0 bridgehead atoms. The van der Waals surface area contributed by atoms with E-state index in [0.29, 0.717) is 17.9 Å². The number of aliphatic hydroxyl groups excluding tert-OH is 1. The Morgan fingerprint density at radius 1 is 1.08 bits per heavy atom. The first-order valence-corrected chi connectivity index (χ1v) is 22.0. The number of fused-ring (bicyclic) bond motifs is 1. The number of pyridine rings is 2. The summed E-state index contributed by atoms with van der Waals surface area (Å²) in [5.74, 6) is -4.93. The summed E-state index contributed by atoms with van der Waals surface area (Å²) >= 11 is 0. The number of rotatable bonds is 13. The van der Waals surface area contributed by atoms with Crippen LogP contribution in [0.4, 0.5) is 16.3 Å². The number of likely N-dealkylation sites (N-methyl/N-ethyl adjacent to an activating group) is 1. The van der Waals surface area contributed by atoms with E-state index in [0.717, 1.165) is 6.20 Å². The number of nitrogens with zero attached hydrogens (tertiary/aromatic N) is 5. The van der Waals surface area contributed by atoms with Gasteiger partial charge in [-0.1, -0.05) is 33.8 Å². The number of amides is 1. The van der Waals surface area contributed by atoms with Crippen LogP contribution in [0.2, 0.25) is 0 Å². The monoisotopic (exact) mass is 898 g/mol. The van der Waals surface area contributed by atoms with Crippen molar-refractivity contribution in [2.24, 2.45) is 23.7 Å². The first-order chi connectivity index (χ1) is 30.1. The first-order valence-electron chi connectivity index (χ1n) is 22.0. The van der Waals surface area contributed by atoms with Crippen LogP contribution in [0.1, 0.15) is 80.3 Å². The fourth-order valence-electron chi connectivity index (χ4n) is 9.81. The van der Waals surface area contributed by atoms with Gasteiger partial charge < -0.3 is 43.7 Å². The standard InChI is InChI=1S/C45H66N6O13/c1-12-33-45(8)39(50(43(56)64-45)20-19-47-34-17-16-31(24-48-34)51(57)58)27(4)36(53)25(2)23-44(7,59-11)40(63-42-37(54)32(49(9)10)21-26(3)60-42)28(5)38(29(6)41(55)61-33)62-35(52)22-30-15-13-14-18-46-30/h13-18,24-29,32-33,37-40,42,54H,12,19-23H2,1-11H3,(H,47,48)/t25-,26-,27-,28+,29-,32+,33-,37-,38+,39+,40-,42+,44-,45-/m1/s1. The Labute approximate surface area is 375 Å². The zero-order chi connectivity index (χ0) is 47.3. The number of aliphatic hydroxyl groups is 1. The van der Waals surface area contributed by atoms with Crippen molar-refractivity contribution in [1.29, 1.82) is 0 Å². The Kier molecular flexibility index (Phi) is 16.5. The number of carbonyl (C=O) groups is 4. The van der Waals surface area contributed by atoms with Gasteiger partial charge in [-0.3, -0.25) is 34.4 Å². The van der Waals surface area contributed by atoms with Crippen molar-refractivity contribution in [2.45, 2.75) is 141 Å². The van der Waals surface area contributed by atoms with Gasteiger partial charge in [0.05, 0.1) is 46.8 Å². The van der Waals surface area contributed by atoms with Gasteiger partial charge in [-0.25, -0.2) is 9.78 Å². The lowest BCUT2D eigenvalue weighted by atomic mass is 9.73. The van der Waals surface area contributed by atoms with Crippen LogP contribution in [0.5, 0.6) is 0 Å². The zero-order valence-electron chi connectivity index (χ0n) is 38.8. The largest absolute Gasteiger partial charge is 0.461 e. The molecule has 354 valence electrons. The molecule has 2 aromatic heterocycles. The maximum Gasteiger partial charge on any atom is 0.410 e. The minimum atomic E-state index is -1.53. The number of ketones is 1. The molecule has 0 unspecified atom stereocenters. The van der Waals surface area contributed by atoms with Crippen LogP contribution in [0.25, 0.3) is 0 Å². The first kappa shape index (κ1) is 50.2. The molecule has 3 aliphatic rings. The molecule has 2 aromatic rings. The third-order valence-electron chi connectivity index (χ3n) is 13.3. The summed E-state index contributed by atoms with van der Waals surface area (Å²) in [5, 5.41) is 25.9. The molecule has 19 nitrogen and oxygen atoms in total. The highest BCUT2D eigenvalue weighted by molar-refractivity contribution is 5.85. The number of hydrogen-bond donors (Lipinski definition) is 2. The van der Waals surface area contributed by atoms with Gasteiger partial charge in [0, 0.05) is 56.3 Å². The highest BCUT2D eigenvalue weighted by Gasteiger charge is 2.60. The topological polar surface area (TPSA) is 231 Å². The Balaban J connectivity index is 1.57. The van der Waals surface area contributed by atoms with Crippen molar-refractivity contribution < 1.29 is 57.6 Å². The number of anilines is 1. The molecule has 1 amide bonds. The third-order valence-corrected chi connectivity index (χ3v) is 13.3. The van der Waals surface area contributed by atoms with Crippen LogP contribution in [-0.2, 0) is 49.2 Å². The molecule has 64 heavy (non-hydrogen) atoms. The summed E-state index contributed by atoms with van der Waals surface area (Å²) in [5.41, 5.74) is -2.61. The molecule has 0 saturated carbocycles. The number of esters is 2. The molecule has 0 radical (unpaired) electrons. The summed E-state index contributed by atoms with van der Waals surface area (Å²) in [6.07, 6.45) is -3.43. The van der Waals surface area contributed by atoms with Gasteiger partial charge in [0.15, 0.2) is 11.9 Å². The summed E-state index contributed by atoms with van der Waals surface area (Å²) in [4.78, 5) is 79.6. The van der Waals surface area contributed by atoms with E-state index in [2.05, 4.69) is 15.3 Å². The molecule has 5 rings (SSSR count). The van der Waals surface area contributed by atoms with Gasteiger partial charge in [-0.05, 0) is 79.3 Å². The predicted molar refractivity (Wildman–Crippen MR) is 232 cm³/mol. The summed E-state index contributed by atoms with van der Waals surface area (Å²) in [7, 11) is 5.20. The second-order valence-electron chi connectivity index (χ2n) is 18.2. The van der Waals surface area contributed by atoms with E-state index in [-0.39, 0.29) is 56.0 Å². The molecule has 3 saturated heterocycles. The molecular formula is C45H66N6O13. The van der Waals surface area contributed by atoms with E-state index >= 15 is 0 Å². The number of nitrogens with one attached hydrogen (secondary N) is 1. The number of nitro groups is 1. The summed E-state index contributed by atoms with van der Waals surface area (Å²) in [6.45, 7) is 14.1. The third kappa shape index (κ3) is 11.0. The second-order valence-corrected chi connectivity index (χ2v) is 18.2. The number of ether oxygens (including phenoxy) is 6. The summed E-state index contributed by atoms with van der Waals surface area (Å²) < 4.78 is 38.2. The lowest BCUT2D eigenvalue weighted by Gasteiger charge is -2.48. The molecule has 3 aliphatic heterocycles. The Morgan fingerprint density at radius 3 is 2.39 bits per heavy atom. The molecular weight excluding hydrogens is 833 g/mol. The average molecular weight is 899 g/mol.